The van der Waals surface area contributed by atoms with Gasteiger partial charge in [0.2, 0.25) is 0 Å². The van der Waals surface area contributed by atoms with Gasteiger partial charge in [0, 0.05) is 12.3 Å². The number of aromatic hydroxyl groups is 1. The lowest BCUT2D eigenvalue weighted by atomic mass is 10.0. The smallest absolute Gasteiger partial charge is 0.329 e. The van der Waals surface area contributed by atoms with Gasteiger partial charge in [-0.2, -0.15) is 0 Å². The van der Waals surface area contributed by atoms with Gasteiger partial charge in [-0.3, -0.25) is 4.79 Å². The Hall–Kier alpha value is -3.29. The molecule has 0 aliphatic carbocycles. The summed E-state index contributed by atoms with van der Waals surface area (Å²) in [5.74, 6) is -0.742. The maximum absolute atomic E-state index is 12.7. The number of nitrogens with zero attached hydrogens (tertiary/aromatic N) is 1. The van der Waals surface area contributed by atoms with Crippen LogP contribution in [-0.2, 0) is 9.53 Å². The summed E-state index contributed by atoms with van der Waals surface area (Å²) in [5.41, 5.74) is -0.208. The second-order valence-corrected chi connectivity index (χ2v) is 7.13. The number of methoxy groups -OCH3 is 1. The van der Waals surface area contributed by atoms with Crippen LogP contribution in [0, 0.1) is 0 Å². The molecule has 0 unspecified atom stereocenters. The van der Waals surface area contributed by atoms with Crippen LogP contribution in [0.3, 0.4) is 0 Å². The largest absolute Gasteiger partial charge is 0.503 e. The van der Waals surface area contributed by atoms with Crippen LogP contribution >= 0.6 is 0 Å². The summed E-state index contributed by atoms with van der Waals surface area (Å²) in [6.45, 7) is 1.78. The van der Waals surface area contributed by atoms with Crippen LogP contribution in [-0.4, -0.2) is 47.3 Å². The fourth-order valence-electron chi connectivity index (χ4n) is 3.34. The number of esters is 1. The van der Waals surface area contributed by atoms with Crippen LogP contribution in [0.25, 0.3) is 0 Å². The summed E-state index contributed by atoms with van der Waals surface area (Å²) in [7, 11) is 1.38. The van der Waals surface area contributed by atoms with Gasteiger partial charge in [0.25, 0.3) is 5.91 Å². The highest BCUT2D eigenvalue weighted by Gasteiger charge is 2.31. The lowest BCUT2D eigenvalue weighted by molar-refractivity contribution is -0.154. The number of aromatic nitrogens is 1. The molecule has 1 amide bonds. The number of carbonyl (C=O) groups is 2. The summed E-state index contributed by atoms with van der Waals surface area (Å²) in [4.78, 5) is 29.2. The molecule has 3 atom stereocenters. The lowest BCUT2D eigenvalue weighted by Gasteiger charge is -2.25. The second-order valence-electron chi connectivity index (χ2n) is 7.13. The molecular weight excluding hydrogens is 388 g/mol. The van der Waals surface area contributed by atoms with Crippen molar-refractivity contribution in [3.8, 4) is 17.2 Å². The summed E-state index contributed by atoms with van der Waals surface area (Å²) in [6.07, 6.45) is 3.24. The number of rotatable bonds is 5. The highest BCUT2D eigenvalue weighted by molar-refractivity contribution is 5.97. The quantitative estimate of drug-likeness (QED) is 0.725. The molecule has 8 heteroatoms. The average Bonchev–Trinajstić information content (AvgIpc) is 2.80. The van der Waals surface area contributed by atoms with Crippen LogP contribution in [0.4, 0.5) is 0 Å². The molecule has 3 rings (SSSR count). The minimum Gasteiger partial charge on any atom is -0.503 e. The zero-order valence-corrected chi connectivity index (χ0v) is 17.0. The maximum atomic E-state index is 12.7. The Morgan fingerprint density at radius 1 is 1.20 bits per heavy atom. The number of hydrogen-bond acceptors (Lipinski definition) is 7. The number of ether oxygens (including phenoxy) is 3. The highest BCUT2D eigenvalue weighted by atomic mass is 16.6. The zero-order chi connectivity index (χ0) is 21.5. The van der Waals surface area contributed by atoms with Crippen molar-refractivity contribution in [2.75, 3.05) is 7.11 Å². The topological polar surface area (TPSA) is 107 Å². The molecule has 1 fully saturated rings. The van der Waals surface area contributed by atoms with Crippen molar-refractivity contribution in [1.82, 2.24) is 10.3 Å². The van der Waals surface area contributed by atoms with Gasteiger partial charge in [-0.1, -0.05) is 24.6 Å². The number of hydrogen-bond donors (Lipinski definition) is 2. The molecule has 2 aromatic rings. The Bertz CT molecular complexity index is 873. The Morgan fingerprint density at radius 3 is 2.67 bits per heavy atom. The number of cyclic esters (lactones) is 1. The van der Waals surface area contributed by atoms with Crippen LogP contribution in [0.1, 0.15) is 43.1 Å². The zero-order valence-electron chi connectivity index (χ0n) is 17.0. The summed E-state index contributed by atoms with van der Waals surface area (Å²) < 4.78 is 16.6. The van der Waals surface area contributed by atoms with Gasteiger partial charge in [0.1, 0.15) is 24.0 Å². The Kier molecular flexibility index (Phi) is 7.11. The Morgan fingerprint density at radius 2 is 1.93 bits per heavy atom. The molecular formula is C22H26N2O6. The summed E-state index contributed by atoms with van der Waals surface area (Å²) in [5, 5.41) is 12.8. The molecule has 160 valence electrons. The molecule has 1 aliphatic rings. The van der Waals surface area contributed by atoms with Crippen molar-refractivity contribution >= 4 is 11.9 Å². The molecule has 30 heavy (non-hydrogen) atoms. The van der Waals surface area contributed by atoms with E-state index in [0.717, 1.165) is 12.8 Å². The van der Waals surface area contributed by atoms with E-state index in [1.54, 1.807) is 6.92 Å². The van der Waals surface area contributed by atoms with Crippen molar-refractivity contribution in [3.05, 3.63) is 48.3 Å². The Balaban J connectivity index is 1.68. The van der Waals surface area contributed by atoms with E-state index in [2.05, 4.69) is 10.3 Å². The average molecular weight is 414 g/mol. The van der Waals surface area contributed by atoms with Crippen LogP contribution in [0.15, 0.2) is 42.6 Å². The molecule has 0 saturated carbocycles. The van der Waals surface area contributed by atoms with E-state index in [1.807, 2.05) is 30.3 Å². The summed E-state index contributed by atoms with van der Waals surface area (Å²) in [6, 6.07) is 9.98. The molecule has 1 aromatic heterocycles. The molecule has 1 aromatic carbocycles. The molecule has 0 radical (unpaired) electrons. The predicted molar refractivity (Wildman–Crippen MR) is 109 cm³/mol. The van der Waals surface area contributed by atoms with E-state index < -0.39 is 24.0 Å². The van der Waals surface area contributed by atoms with Gasteiger partial charge in [-0.05, 0) is 38.3 Å². The van der Waals surface area contributed by atoms with Gasteiger partial charge in [0.15, 0.2) is 17.2 Å². The number of pyridine rings is 1. The second kappa shape index (κ2) is 9.96. The van der Waals surface area contributed by atoms with Crippen molar-refractivity contribution in [2.24, 2.45) is 0 Å². The van der Waals surface area contributed by atoms with Crippen molar-refractivity contribution < 1.29 is 28.9 Å². The SMILES string of the molecule is COc1ccnc(C(=O)N[C@H]2CCCC[C@@H](Oc3ccccc3)[C@H](C)OC2=O)c1O. The van der Waals surface area contributed by atoms with Crippen molar-refractivity contribution in [3.63, 3.8) is 0 Å². The van der Waals surface area contributed by atoms with E-state index in [0.29, 0.717) is 18.6 Å². The predicted octanol–water partition coefficient (Wildman–Crippen LogP) is 2.85. The molecule has 2 N–H and O–H groups in total. The number of benzene rings is 1. The molecule has 8 nitrogen and oxygen atoms in total. The lowest BCUT2D eigenvalue weighted by Crippen LogP contribution is -2.44. The fraction of sp³-hybridized carbons (Fsp3) is 0.409. The molecule has 0 bridgehead atoms. The summed E-state index contributed by atoms with van der Waals surface area (Å²) >= 11 is 0. The first-order valence-corrected chi connectivity index (χ1v) is 9.94. The van der Waals surface area contributed by atoms with Crippen molar-refractivity contribution in [1.29, 1.82) is 0 Å². The first-order valence-electron chi connectivity index (χ1n) is 9.94. The van der Waals surface area contributed by atoms with E-state index in [1.165, 1.54) is 19.4 Å². The number of nitrogens with one attached hydrogen (secondary N) is 1. The molecule has 1 saturated heterocycles. The van der Waals surface area contributed by atoms with E-state index in [-0.39, 0.29) is 23.3 Å². The van der Waals surface area contributed by atoms with E-state index >= 15 is 0 Å². The van der Waals surface area contributed by atoms with Crippen LogP contribution < -0.4 is 14.8 Å². The van der Waals surface area contributed by atoms with E-state index in [9.17, 15) is 14.7 Å². The van der Waals surface area contributed by atoms with Crippen LogP contribution in [0.2, 0.25) is 0 Å². The van der Waals surface area contributed by atoms with Gasteiger partial charge in [0.05, 0.1) is 7.11 Å². The molecule has 1 aliphatic heterocycles. The first kappa shape index (κ1) is 21.4. The standard InChI is InChI=1S/C22H26N2O6/c1-14-17(30-15-8-4-3-5-9-15)11-7-6-10-16(22(27)29-14)24-21(26)19-20(25)18(28-2)12-13-23-19/h3-5,8-9,12-14,16-17,25H,6-7,10-11H2,1-2H3,(H,24,26)/t14-,16-,17+/m0/s1. The third kappa shape index (κ3) is 5.20. The third-order valence-electron chi connectivity index (χ3n) is 5.00. The third-order valence-corrected chi connectivity index (χ3v) is 5.00. The first-order chi connectivity index (χ1) is 14.5. The molecule has 0 spiro atoms. The highest BCUT2D eigenvalue weighted by Crippen LogP contribution is 2.28. The number of amides is 1. The fourth-order valence-corrected chi connectivity index (χ4v) is 3.34. The Labute approximate surface area is 175 Å². The van der Waals surface area contributed by atoms with Gasteiger partial charge in [-0.15, -0.1) is 0 Å². The normalized spacial score (nSPS) is 22.1. The maximum Gasteiger partial charge on any atom is 0.329 e. The van der Waals surface area contributed by atoms with Gasteiger partial charge >= 0.3 is 5.97 Å². The minimum atomic E-state index is -0.845. The van der Waals surface area contributed by atoms with E-state index in [4.69, 9.17) is 14.2 Å². The van der Waals surface area contributed by atoms with Crippen LogP contribution in [0.5, 0.6) is 17.2 Å². The number of para-hydroxylation sites is 1. The van der Waals surface area contributed by atoms with Gasteiger partial charge < -0.3 is 24.6 Å². The molecule has 2 heterocycles. The van der Waals surface area contributed by atoms with Gasteiger partial charge in [-0.25, -0.2) is 9.78 Å². The monoisotopic (exact) mass is 414 g/mol. The number of carbonyl (C=O) groups excluding carboxylic acids is 2. The minimum absolute atomic E-state index is 0.127. The van der Waals surface area contributed by atoms with Crippen molar-refractivity contribution in [2.45, 2.75) is 50.9 Å².